The van der Waals surface area contributed by atoms with E-state index in [-0.39, 0.29) is 0 Å². The molecule has 0 saturated heterocycles. The van der Waals surface area contributed by atoms with Gasteiger partial charge in [0.2, 0.25) is 0 Å². The lowest BCUT2D eigenvalue weighted by atomic mass is 10.0. The molecule has 0 fully saturated rings. The third kappa shape index (κ3) is 4.60. The highest BCUT2D eigenvalue weighted by molar-refractivity contribution is 7.26. The minimum absolute atomic E-state index is 1.13. The average Bonchev–Trinajstić information content (AvgIpc) is 3.67. The molecular formula is C42H27NS2. The Morgan fingerprint density at radius 1 is 0.289 bits per heavy atom. The molecule has 0 unspecified atom stereocenters. The predicted octanol–water partition coefficient (Wildman–Crippen LogP) is 13.2. The van der Waals surface area contributed by atoms with Gasteiger partial charge in [-0.25, -0.2) is 0 Å². The summed E-state index contributed by atoms with van der Waals surface area (Å²) in [5.74, 6) is 0. The molecule has 0 radical (unpaired) electrons. The van der Waals surface area contributed by atoms with E-state index in [4.69, 9.17) is 0 Å². The first-order valence-electron chi connectivity index (χ1n) is 15.2. The van der Waals surface area contributed by atoms with Crippen LogP contribution in [0.3, 0.4) is 0 Å². The number of hydrogen-bond donors (Lipinski definition) is 0. The van der Waals surface area contributed by atoms with Crippen molar-refractivity contribution in [3.63, 3.8) is 0 Å². The van der Waals surface area contributed by atoms with Crippen molar-refractivity contribution in [3.8, 4) is 22.3 Å². The summed E-state index contributed by atoms with van der Waals surface area (Å²) in [6, 6.07) is 59.7. The Balaban J connectivity index is 1.14. The predicted molar refractivity (Wildman–Crippen MR) is 198 cm³/mol. The number of benzene rings is 7. The zero-order valence-corrected chi connectivity index (χ0v) is 26.0. The van der Waals surface area contributed by atoms with Crippen LogP contribution in [-0.4, -0.2) is 0 Å². The summed E-state index contributed by atoms with van der Waals surface area (Å²) in [7, 11) is 0. The van der Waals surface area contributed by atoms with Gasteiger partial charge in [-0.05, 0) is 82.9 Å². The molecule has 0 spiro atoms. The summed E-state index contributed by atoms with van der Waals surface area (Å²) < 4.78 is 5.29. The molecule has 3 heteroatoms. The molecule has 0 aliphatic heterocycles. The molecule has 0 bridgehead atoms. The Labute approximate surface area is 269 Å². The first-order chi connectivity index (χ1) is 22.3. The molecule has 0 aliphatic rings. The number of hydrogen-bond acceptors (Lipinski definition) is 3. The molecular weight excluding hydrogens is 583 g/mol. The van der Waals surface area contributed by atoms with Gasteiger partial charge in [-0.2, -0.15) is 0 Å². The second-order valence-corrected chi connectivity index (χ2v) is 13.6. The quantitative estimate of drug-likeness (QED) is 0.188. The number of nitrogens with zero attached hydrogens (tertiary/aromatic N) is 1. The molecule has 0 saturated carbocycles. The maximum atomic E-state index is 2.37. The zero-order chi connectivity index (χ0) is 29.7. The molecule has 9 rings (SSSR count). The van der Waals surface area contributed by atoms with E-state index >= 15 is 0 Å². The van der Waals surface area contributed by atoms with Crippen molar-refractivity contribution >= 4 is 80.1 Å². The fourth-order valence-electron chi connectivity index (χ4n) is 6.44. The van der Waals surface area contributed by atoms with E-state index in [2.05, 4.69) is 169 Å². The molecule has 9 aromatic rings. The second kappa shape index (κ2) is 10.7. The van der Waals surface area contributed by atoms with Crippen LogP contribution in [0.15, 0.2) is 164 Å². The SMILES string of the molecule is c1ccc(-c2ccc(N(c3ccc(-c4ccc5sc6ccccc6c5c4)cc3)c3ccc4c(c3)sc3ccccc34)cc2)cc1. The van der Waals surface area contributed by atoms with Gasteiger partial charge in [-0.3, -0.25) is 0 Å². The van der Waals surface area contributed by atoms with Crippen molar-refractivity contribution in [2.75, 3.05) is 4.90 Å². The third-order valence-electron chi connectivity index (χ3n) is 8.69. The Hall–Kier alpha value is -5.22. The van der Waals surface area contributed by atoms with Gasteiger partial charge in [0.05, 0.1) is 0 Å². The Kier molecular flexibility index (Phi) is 6.26. The van der Waals surface area contributed by atoms with Gasteiger partial charge in [0, 0.05) is 57.4 Å². The molecule has 7 aromatic carbocycles. The van der Waals surface area contributed by atoms with Gasteiger partial charge in [0.15, 0.2) is 0 Å². The lowest BCUT2D eigenvalue weighted by molar-refractivity contribution is 1.29. The maximum Gasteiger partial charge on any atom is 0.0476 e. The summed E-state index contributed by atoms with van der Waals surface area (Å²) in [5, 5.41) is 5.29. The van der Waals surface area contributed by atoms with Gasteiger partial charge < -0.3 is 4.90 Å². The minimum Gasteiger partial charge on any atom is -0.310 e. The van der Waals surface area contributed by atoms with Crippen LogP contribution < -0.4 is 4.90 Å². The number of rotatable bonds is 5. The van der Waals surface area contributed by atoms with Crippen LogP contribution in [0.1, 0.15) is 0 Å². The Morgan fingerprint density at radius 3 is 1.44 bits per heavy atom. The fraction of sp³-hybridized carbons (Fsp3) is 0. The highest BCUT2D eigenvalue weighted by Gasteiger charge is 2.16. The monoisotopic (exact) mass is 609 g/mol. The van der Waals surface area contributed by atoms with E-state index < -0.39 is 0 Å². The van der Waals surface area contributed by atoms with Crippen LogP contribution in [0, 0.1) is 0 Å². The maximum absolute atomic E-state index is 2.37. The molecule has 2 heterocycles. The average molecular weight is 610 g/mol. The van der Waals surface area contributed by atoms with Gasteiger partial charge >= 0.3 is 0 Å². The second-order valence-electron chi connectivity index (χ2n) is 11.4. The number of thiophene rings is 2. The third-order valence-corrected chi connectivity index (χ3v) is 11.0. The molecule has 45 heavy (non-hydrogen) atoms. The van der Waals surface area contributed by atoms with Crippen molar-refractivity contribution in [1.29, 1.82) is 0 Å². The minimum atomic E-state index is 1.13. The lowest BCUT2D eigenvalue weighted by Crippen LogP contribution is -2.09. The summed E-state index contributed by atoms with van der Waals surface area (Å²) in [6.07, 6.45) is 0. The standard InChI is InChI=1S/C42H27NS2/c1-2-8-28(9-3-1)29-14-19-32(20-15-29)43(34-23-24-37-35-10-4-6-12-39(35)45-42(37)27-34)33-21-16-30(17-22-33)31-18-25-41-38(26-31)36-11-5-7-13-40(36)44-41/h1-27H. The van der Waals surface area contributed by atoms with Gasteiger partial charge in [-0.15, -0.1) is 22.7 Å². The van der Waals surface area contributed by atoms with Crippen molar-refractivity contribution in [2.24, 2.45) is 0 Å². The van der Waals surface area contributed by atoms with Crippen LogP contribution in [-0.2, 0) is 0 Å². The fourth-order valence-corrected chi connectivity index (χ4v) is 8.67. The van der Waals surface area contributed by atoms with E-state index in [0.29, 0.717) is 0 Å². The molecule has 0 aliphatic carbocycles. The highest BCUT2D eigenvalue weighted by atomic mass is 32.1. The Bertz CT molecular complexity index is 2470. The molecule has 0 amide bonds. The van der Waals surface area contributed by atoms with Gasteiger partial charge in [0.25, 0.3) is 0 Å². The normalized spacial score (nSPS) is 11.6. The smallest absolute Gasteiger partial charge is 0.0476 e. The van der Waals surface area contributed by atoms with Crippen LogP contribution in [0.25, 0.3) is 62.6 Å². The molecule has 0 atom stereocenters. The summed E-state index contributed by atoms with van der Waals surface area (Å²) >= 11 is 3.72. The summed E-state index contributed by atoms with van der Waals surface area (Å²) in [5.41, 5.74) is 8.31. The topological polar surface area (TPSA) is 3.24 Å². The van der Waals surface area contributed by atoms with E-state index in [0.717, 1.165) is 17.1 Å². The molecule has 0 N–H and O–H groups in total. The molecule has 2 aromatic heterocycles. The molecule has 1 nitrogen and oxygen atoms in total. The van der Waals surface area contributed by atoms with Crippen molar-refractivity contribution < 1.29 is 0 Å². The van der Waals surface area contributed by atoms with Crippen molar-refractivity contribution in [2.45, 2.75) is 0 Å². The van der Waals surface area contributed by atoms with Crippen LogP contribution in [0.2, 0.25) is 0 Å². The largest absolute Gasteiger partial charge is 0.310 e. The summed E-state index contributed by atoms with van der Waals surface area (Å²) in [4.78, 5) is 2.37. The Morgan fingerprint density at radius 2 is 0.756 bits per heavy atom. The van der Waals surface area contributed by atoms with E-state index in [1.54, 1.807) is 0 Å². The first-order valence-corrected chi connectivity index (χ1v) is 16.8. The van der Waals surface area contributed by atoms with Crippen molar-refractivity contribution in [3.05, 3.63) is 164 Å². The number of anilines is 3. The van der Waals surface area contributed by atoms with Crippen LogP contribution >= 0.6 is 22.7 Å². The van der Waals surface area contributed by atoms with E-state index in [1.165, 1.54) is 62.6 Å². The number of fused-ring (bicyclic) bond motifs is 6. The van der Waals surface area contributed by atoms with Crippen LogP contribution in [0.4, 0.5) is 17.1 Å². The first kappa shape index (κ1) is 26.2. The van der Waals surface area contributed by atoms with E-state index in [9.17, 15) is 0 Å². The summed E-state index contributed by atoms with van der Waals surface area (Å²) in [6.45, 7) is 0. The highest BCUT2D eigenvalue weighted by Crippen LogP contribution is 2.42. The lowest BCUT2D eigenvalue weighted by Gasteiger charge is -2.26. The van der Waals surface area contributed by atoms with Gasteiger partial charge in [-0.1, -0.05) is 103 Å². The zero-order valence-electron chi connectivity index (χ0n) is 24.4. The van der Waals surface area contributed by atoms with Crippen molar-refractivity contribution in [1.82, 2.24) is 0 Å². The van der Waals surface area contributed by atoms with E-state index in [1.807, 2.05) is 22.7 Å². The van der Waals surface area contributed by atoms with Gasteiger partial charge in [0.1, 0.15) is 0 Å². The molecule has 212 valence electrons. The van der Waals surface area contributed by atoms with Crippen LogP contribution in [0.5, 0.6) is 0 Å².